The number of aliphatic hydroxyl groups excluding tert-OH is 1. The molecule has 0 saturated carbocycles. The number of hydrogen-bond acceptors (Lipinski definition) is 9. The van der Waals surface area contributed by atoms with Crippen LogP contribution < -0.4 is 0 Å². The van der Waals surface area contributed by atoms with Crippen LogP contribution in [0.5, 0.6) is 0 Å². The fourth-order valence-electron chi connectivity index (χ4n) is 3.27. The lowest BCUT2D eigenvalue weighted by Crippen LogP contribution is -2.63. The summed E-state index contributed by atoms with van der Waals surface area (Å²) in [6.45, 7) is -0.0233. The second-order valence-corrected chi connectivity index (χ2v) is 9.66. The van der Waals surface area contributed by atoms with E-state index in [0.29, 0.717) is 0 Å². The average molecular weight is 547 g/mol. The van der Waals surface area contributed by atoms with Gasteiger partial charge in [-0.25, -0.2) is 9.59 Å². The molecule has 9 nitrogen and oxygen atoms in total. The topological polar surface area (TPSA) is 124 Å². The predicted octanol–water partition coefficient (Wildman–Crippen LogP) is 3.42. The average Bonchev–Trinajstić information content (AvgIpc) is 2.85. The van der Waals surface area contributed by atoms with Crippen molar-refractivity contribution in [1.82, 2.24) is 0 Å². The van der Waals surface area contributed by atoms with Crippen molar-refractivity contribution in [3.63, 3.8) is 0 Å². The van der Waals surface area contributed by atoms with Crippen molar-refractivity contribution in [2.45, 2.75) is 41.1 Å². The van der Waals surface area contributed by atoms with E-state index in [1.54, 1.807) is 42.5 Å². The van der Waals surface area contributed by atoms with Crippen molar-refractivity contribution >= 4 is 52.6 Å². The zero-order valence-electron chi connectivity index (χ0n) is 18.3. The number of nitrogens with one attached hydrogen (secondary N) is 1. The molecule has 1 saturated heterocycles. The van der Waals surface area contributed by atoms with Crippen molar-refractivity contribution in [1.29, 1.82) is 5.41 Å². The third-order valence-corrected chi connectivity index (χ3v) is 5.50. The highest BCUT2D eigenvalue weighted by molar-refractivity contribution is 6.76. The number of ether oxygens (including phenoxy) is 5. The second-order valence-electron chi connectivity index (χ2n) is 7.38. The quantitative estimate of drug-likeness (QED) is 0.234. The van der Waals surface area contributed by atoms with E-state index in [-0.39, 0.29) is 12.2 Å². The van der Waals surface area contributed by atoms with Gasteiger partial charge < -0.3 is 28.8 Å². The Labute approximate surface area is 216 Å². The lowest BCUT2D eigenvalue weighted by Gasteiger charge is -2.42. The maximum absolute atomic E-state index is 12.8. The zero-order valence-corrected chi connectivity index (χ0v) is 20.6. The molecule has 3 rings (SSSR count). The van der Waals surface area contributed by atoms with E-state index in [9.17, 15) is 14.7 Å². The van der Waals surface area contributed by atoms with Crippen LogP contribution in [0.3, 0.4) is 0 Å². The first-order valence-corrected chi connectivity index (χ1v) is 11.4. The molecule has 188 valence electrons. The number of alkyl halides is 3. The Bertz CT molecular complexity index is 1020. The maximum atomic E-state index is 12.8. The van der Waals surface area contributed by atoms with E-state index < -0.39 is 52.3 Å². The Morgan fingerprint density at radius 1 is 1.00 bits per heavy atom. The molecule has 1 aliphatic heterocycles. The summed E-state index contributed by atoms with van der Waals surface area (Å²) >= 11 is 17.0. The van der Waals surface area contributed by atoms with E-state index in [1.807, 2.05) is 6.07 Å². The van der Waals surface area contributed by atoms with Gasteiger partial charge in [0.05, 0.1) is 19.3 Å². The molecule has 4 unspecified atom stereocenters. The molecular formula is C23H22Cl3NO8. The summed E-state index contributed by atoms with van der Waals surface area (Å²) in [4.78, 5) is 25.4. The van der Waals surface area contributed by atoms with Crippen LogP contribution in [0.4, 0.5) is 0 Å². The van der Waals surface area contributed by atoms with E-state index in [1.165, 1.54) is 12.1 Å². The summed E-state index contributed by atoms with van der Waals surface area (Å²) in [5.41, 5.74) is 0.934. The van der Waals surface area contributed by atoms with Crippen molar-refractivity contribution in [3.05, 3.63) is 71.8 Å². The van der Waals surface area contributed by atoms with Gasteiger partial charge >= 0.3 is 11.9 Å². The van der Waals surface area contributed by atoms with Gasteiger partial charge in [0, 0.05) is 0 Å². The third-order valence-electron chi connectivity index (χ3n) is 4.98. The number of halogens is 3. The van der Waals surface area contributed by atoms with Crippen LogP contribution in [-0.4, -0.2) is 64.6 Å². The summed E-state index contributed by atoms with van der Waals surface area (Å²) in [7, 11) is 1.10. The predicted molar refractivity (Wildman–Crippen MR) is 126 cm³/mol. The Morgan fingerprint density at radius 3 is 2.17 bits per heavy atom. The van der Waals surface area contributed by atoms with E-state index in [0.717, 1.165) is 12.7 Å². The highest BCUT2D eigenvalue weighted by Crippen LogP contribution is 2.33. The van der Waals surface area contributed by atoms with E-state index >= 15 is 0 Å². The molecule has 1 fully saturated rings. The fourth-order valence-corrected chi connectivity index (χ4v) is 3.40. The number of aliphatic hydroxyl groups is 1. The highest BCUT2D eigenvalue weighted by atomic mass is 35.6. The molecule has 1 aliphatic rings. The lowest BCUT2D eigenvalue weighted by atomic mass is 9.97. The van der Waals surface area contributed by atoms with Gasteiger partial charge in [-0.05, 0) is 17.7 Å². The summed E-state index contributed by atoms with van der Waals surface area (Å²) in [5, 5.41) is 18.8. The van der Waals surface area contributed by atoms with Crippen LogP contribution in [0, 0.1) is 5.41 Å². The van der Waals surface area contributed by atoms with Crippen molar-refractivity contribution in [3.8, 4) is 0 Å². The molecule has 35 heavy (non-hydrogen) atoms. The monoisotopic (exact) mass is 545 g/mol. The summed E-state index contributed by atoms with van der Waals surface area (Å²) in [5.74, 6) is -2.59. The molecular weight excluding hydrogens is 525 g/mol. The molecule has 0 spiro atoms. The van der Waals surface area contributed by atoms with Crippen LogP contribution >= 0.6 is 34.8 Å². The molecule has 0 bridgehead atoms. The number of methoxy groups -OCH3 is 1. The van der Waals surface area contributed by atoms with Gasteiger partial charge in [0.1, 0.15) is 12.2 Å². The third kappa shape index (κ3) is 7.07. The molecule has 0 radical (unpaired) electrons. The molecule has 2 aromatic rings. The first-order valence-electron chi connectivity index (χ1n) is 10.3. The summed E-state index contributed by atoms with van der Waals surface area (Å²) in [6, 6.07) is 17.0. The summed E-state index contributed by atoms with van der Waals surface area (Å²) < 4.78 is 24.7. The first-order chi connectivity index (χ1) is 16.6. The van der Waals surface area contributed by atoms with E-state index in [4.69, 9.17) is 63.9 Å². The largest absolute Gasteiger partial charge is 0.467 e. The number of benzene rings is 2. The molecule has 0 aliphatic carbocycles. The molecule has 5 atom stereocenters. The van der Waals surface area contributed by atoms with Gasteiger partial charge in [-0.3, -0.25) is 5.41 Å². The van der Waals surface area contributed by atoms with Crippen LogP contribution in [0.2, 0.25) is 0 Å². The normalized spacial score (nSPS) is 24.3. The minimum atomic E-state index is -2.26. The molecule has 1 heterocycles. The molecule has 0 aromatic heterocycles. The Morgan fingerprint density at radius 2 is 1.60 bits per heavy atom. The standard InChI is InChI=1S/C23H22Cl3NO8/c1-31-20(30)18-17(33-19(29)14-10-6-3-7-11-14)16(32-12-13-8-4-2-5-9-13)15(28)21(34-18)35-22(27)23(24,25)26/h2-11,15-18,21,27-28H,12H2,1H3/t15?,16?,17-,18?,21?/m0/s1. The first kappa shape index (κ1) is 27.2. The van der Waals surface area contributed by atoms with Crippen LogP contribution in [0.15, 0.2) is 60.7 Å². The van der Waals surface area contributed by atoms with Crippen molar-refractivity contribution in [2.75, 3.05) is 7.11 Å². The van der Waals surface area contributed by atoms with E-state index in [2.05, 4.69) is 0 Å². The molecule has 12 heteroatoms. The minimum Gasteiger partial charge on any atom is -0.467 e. The number of carbonyl (C=O) groups is 2. The highest BCUT2D eigenvalue weighted by Gasteiger charge is 2.53. The van der Waals surface area contributed by atoms with Gasteiger partial charge in [0.2, 0.25) is 12.2 Å². The van der Waals surface area contributed by atoms with Crippen LogP contribution in [0.25, 0.3) is 0 Å². The van der Waals surface area contributed by atoms with Gasteiger partial charge in [-0.1, -0.05) is 83.3 Å². The van der Waals surface area contributed by atoms with Crippen molar-refractivity contribution in [2.24, 2.45) is 0 Å². The molecule has 0 amide bonds. The Hall–Kier alpha value is -2.40. The van der Waals surface area contributed by atoms with Crippen molar-refractivity contribution < 1.29 is 38.4 Å². The van der Waals surface area contributed by atoms with Gasteiger partial charge in [-0.2, -0.15) is 0 Å². The SMILES string of the molecule is COC(=O)C1OC(OC(=N)C(Cl)(Cl)Cl)C(O)C(OCc2ccccc2)[C@@H]1OC(=O)c1ccccc1. The van der Waals surface area contributed by atoms with Gasteiger partial charge in [-0.15, -0.1) is 0 Å². The molecule has 2 aromatic carbocycles. The Balaban J connectivity index is 1.92. The second kappa shape index (κ2) is 12.0. The molecule has 2 N–H and O–H groups in total. The maximum Gasteiger partial charge on any atom is 0.339 e. The van der Waals surface area contributed by atoms with Gasteiger partial charge in [0.25, 0.3) is 3.79 Å². The van der Waals surface area contributed by atoms with Crippen LogP contribution in [0.1, 0.15) is 15.9 Å². The Kier molecular flexibility index (Phi) is 9.34. The number of rotatable bonds is 7. The zero-order chi connectivity index (χ0) is 25.6. The lowest BCUT2D eigenvalue weighted by molar-refractivity contribution is -0.284. The van der Waals surface area contributed by atoms with Gasteiger partial charge in [0.15, 0.2) is 12.2 Å². The smallest absolute Gasteiger partial charge is 0.339 e. The summed E-state index contributed by atoms with van der Waals surface area (Å²) in [6.07, 6.45) is -7.75. The fraction of sp³-hybridized carbons (Fsp3) is 0.348. The number of esters is 2. The number of hydrogen-bond donors (Lipinski definition) is 2. The minimum absolute atomic E-state index is 0.0233. The van der Waals surface area contributed by atoms with Crippen LogP contribution in [-0.2, 0) is 35.1 Å². The number of carbonyl (C=O) groups excluding carboxylic acids is 2.